The van der Waals surface area contributed by atoms with Crippen LogP contribution in [0.15, 0.2) is 35.4 Å². The molecule has 0 aliphatic rings. The molecule has 0 unspecified atom stereocenters. The predicted molar refractivity (Wildman–Crippen MR) is 77.1 cm³/mol. The van der Waals surface area contributed by atoms with Gasteiger partial charge < -0.3 is 0 Å². The monoisotopic (exact) mass is 313 g/mol. The highest BCUT2D eigenvalue weighted by atomic mass is 32.2. The molecule has 0 spiro atoms. The van der Waals surface area contributed by atoms with E-state index in [4.69, 9.17) is 5.14 Å². The van der Waals surface area contributed by atoms with Crippen LogP contribution >= 0.6 is 11.8 Å². The molecule has 1 aromatic carbocycles. The molecule has 0 radical (unpaired) electrons. The first-order valence-electron chi connectivity index (χ1n) is 5.54. The highest BCUT2D eigenvalue weighted by Gasteiger charge is 2.19. The predicted octanol–water partition coefficient (Wildman–Crippen LogP) is 1.52. The van der Waals surface area contributed by atoms with Crippen LogP contribution in [0, 0.1) is 10.1 Å². The van der Waals surface area contributed by atoms with Crippen molar-refractivity contribution < 1.29 is 13.3 Å². The van der Waals surface area contributed by atoms with E-state index < -0.39 is 14.9 Å². The standard InChI is InChI=1S/C11H11N3O4S2/c12-20(17,18)7-6-19-10-4-3-9-8(2-1-5-13-9)11(10)14(15)16/h1-5H,6-7H2,(H2,12,17,18). The number of pyridine rings is 1. The molecule has 9 heteroatoms. The number of sulfonamides is 1. The fraction of sp³-hybridized carbons (Fsp3) is 0.182. The summed E-state index contributed by atoms with van der Waals surface area (Å²) in [5.41, 5.74) is 0.463. The first kappa shape index (κ1) is 14.7. The van der Waals surface area contributed by atoms with E-state index in [2.05, 4.69) is 4.98 Å². The molecule has 2 N–H and O–H groups in total. The fourth-order valence-corrected chi connectivity index (χ4v) is 3.66. The smallest absolute Gasteiger partial charge is 0.258 e. The molecule has 0 aliphatic heterocycles. The average molecular weight is 313 g/mol. The Hall–Kier alpha value is -1.71. The maximum Gasteiger partial charge on any atom is 0.292 e. The summed E-state index contributed by atoms with van der Waals surface area (Å²) in [7, 11) is -3.57. The topological polar surface area (TPSA) is 116 Å². The van der Waals surface area contributed by atoms with Crippen LogP contribution in [-0.2, 0) is 10.0 Å². The first-order chi connectivity index (χ1) is 9.38. The Morgan fingerprint density at radius 1 is 1.35 bits per heavy atom. The second kappa shape index (κ2) is 5.73. The summed E-state index contributed by atoms with van der Waals surface area (Å²) in [5, 5.41) is 16.5. The molecular weight excluding hydrogens is 302 g/mol. The van der Waals surface area contributed by atoms with E-state index in [9.17, 15) is 18.5 Å². The van der Waals surface area contributed by atoms with E-state index in [0.29, 0.717) is 15.8 Å². The molecule has 2 aromatic rings. The van der Waals surface area contributed by atoms with Gasteiger partial charge in [0, 0.05) is 11.9 Å². The van der Waals surface area contributed by atoms with Crippen molar-refractivity contribution in [1.29, 1.82) is 0 Å². The Balaban J connectivity index is 2.38. The van der Waals surface area contributed by atoms with Crippen molar-refractivity contribution in [3.8, 4) is 0 Å². The van der Waals surface area contributed by atoms with Crippen molar-refractivity contribution in [1.82, 2.24) is 4.98 Å². The second-order valence-corrected chi connectivity index (χ2v) is 6.83. The van der Waals surface area contributed by atoms with Crippen LogP contribution in [0.1, 0.15) is 0 Å². The maximum atomic E-state index is 11.2. The lowest BCUT2D eigenvalue weighted by Gasteiger charge is -2.05. The van der Waals surface area contributed by atoms with Gasteiger partial charge in [-0.1, -0.05) is 0 Å². The van der Waals surface area contributed by atoms with Crippen molar-refractivity contribution in [2.24, 2.45) is 5.14 Å². The van der Waals surface area contributed by atoms with E-state index in [1.54, 1.807) is 30.5 Å². The Bertz CT molecular complexity index is 761. The molecule has 0 atom stereocenters. The highest BCUT2D eigenvalue weighted by molar-refractivity contribution is 8.00. The van der Waals surface area contributed by atoms with Gasteiger partial charge in [-0.05, 0) is 24.3 Å². The van der Waals surface area contributed by atoms with Crippen molar-refractivity contribution in [2.45, 2.75) is 4.90 Å². The SMILES string of the molecule is NS(=O)(=O)CCSc1ccc2ncccc2c1[N+](=O)[O-]. The molecule has 0 saturated carbocycles. The van der Waals surface area contributed by atoms with Crippen LogP contribution < -0.4 is 5.14 Å². The number of nitrogens with two attached hydrogens (primary N) is 1. The molecule has 7 nitrogen and oxygen atoms in total. The van der Waals surface area contributed by atoms with Gasteiger partial charge >= 0.3 is 0 Å². The molecule has 2 rings (SSSR count). The van der Waals surface area contributed by atoms with Gasteiger partial charge in [0.1, 0.15) is 0 Å². The van der Waals surface area contributed by atoms with Crippen molar-refractivity contribution in [3.63, 3.8) is 0 Å². The summed E-state index contributed by atoms with van der Waals surface area (Å²) in [6, 6.07) is 6.47. The molecule has 0 bridgehead atoms. The molecule has 20 heavy (non-hydrogen) atoms. The lowest BCUT2D eigenvalue weighted by Crippen LogP contribution is -2.17. The fourth-order valence-electron chi connectivity index (χ4n) is 1.69. The molecule has 0 saturated heterocycles. The number of benzene rings is 1. The zero-order valence-corrected chi connectivity index (χ0v) is 11.9. The third-order valence-electron chi connectivity index (χ3n) is 2.53. The van der Waals surface area contributed by atoms with Gasteiger partial charge in [0.05, 0.1) is 26.5 Å². The summed E-state index contributed by atoms with van der Waals surface area (Å²) in [6.45, 7) is 0. The third kappa shape index (κ3) is 3.44. The first-order valence-corrected chi connectivity index (χ1v) is 8.24. The molecular formula is C11H11N3O4S2. The summed E-state index contributed by atoms with van der Waals surface area (Å²) in [5.74, 6) is -0.0780. The number of nitrogens with zero attached hydrogens (tertiary/aromatic N) is 2. The van der Waals surface area contributed by atoms with Gasteiger partial charge in [0.2, 0.25) is 10.0 Å². The van der Waals surface area contributed by atoms with Crippen LogP contribution in [0.3, 0.4) is 0 Å². The van der Waals surface area contributed by atoms with Gasteiger partial charge in [-0.25, -0.2) is 13.6 Å². The number of rotatable bonds is 5. The Morgan fingerprint density at radius 3 is 2.75 bits per heavy atom. The summed E-state index contributed by atoms with van der Waals surface area (Å²) in [6.07, 6.45) is 1.56. The van der Waals surface area contributed by atoms with Crippen LogP contribution in [-0.4, -0.2) is 29.8 Å². The molecule has 0 amide bonds. The van der Waals surface area contributed by atoms with Gasteiger partial charge in [-0.2, -0.15) is 0 Å². The average Bonchev–Trinajstić information content (AvgIpc) is 2.36. The minimum absolute atomic E-state index is 0.0602. The lowest BCUT2D eigenvalue weighted by molar-refractivity contribution is -0.385. The van der Waals surface area contributed by atoms with Crippen LogP contribution in [0.2, 0.25) is 0 Å². The lowest BCUT2D eigenvalue weighted by atomic mass is 10.2. The van der Waals surface area contributed by atoms with Crippen molar-refractivity contribution in [3.05, 3.63) is 40.6 Å². The number of nitro groups is 1. The van der Waals surface area contributed by atoms with E-state index in [1.807, 2.05) is 0 Å². The molecule has 106 valence electrons. The molecule has 0 aliphatic carbocycles. The number of thioether (sulfide) groups is 1. The summed E-state index contributed by atoms with van der Waals surface area (Å²) >= 11 is 1.09. The second-order valence-electron chi connectivity index (χ2n) is 3.95. The Labute approximate surface area is 119 Å². The largest absolute Gasteiger partial charge is 0.292 e. The van der Waals surface area contributed by atoms with E-state index in [-0.39, 0.29) is 17.2 Å². The minimum atomic E-state index is -3.57. The number of aromatic nitrogens is 1. The van der Waals surface area contributed by atoms with Crippen LogP contribution in [0.5, 0.6) is 0 Å². The zero-order chi connectivity index (χ0) is 14.8. The Kier molecular flexibility index (Phi) is 4.21. The molecule has 1 aromatic heterocycles. The van der Waals surface area contributed by atoms with Gasteiger partial charge in [0.15, 0.2) is 0 Å². The molecule has 1 heterocycles. The van der Waals surface area contributed by atoms with E-state index in [1.165, 1.54) is 0 Å². The van der Waals surface area contributed by atoms with Crippen LogP contribution in [0.25, 0.3) is 10.9 Å². The van der Waals surface area contributed by atoms with Gasteiger partial charge in [-0.15, -0.1) is 11.8 Å². The number of primary sulfonamides is 1. The maximum absolute atomic E-state index is 11.2. The quantitative estimate of drug-likeness (QED) is 0.508. The minimum Gasteiger partial charge on any atom is -0.258 e. The number of fused-ring (bicyclic) bond motifs is 1. The van der Waals surface area contributed by atoms with Crippen molar-refractivity contribution in [2.75, 3.05) is 11.5 Å². The van der Waals surface area contributed by atoms with E-state index in [0.717, 1.165) is 11.8 Å². The number of hydrogen-bond acceptors (Lipinski definition) is 6. The molecule has 0 fully saturated rings. The van der Waals surface area contributed by atoms with Crippen LogP contribution in [0.4, 0.5) is 5.69 Å². The third-order valence-corrected chi connectivity index (χ3v) is 4.61. The van der Waals surface area contributed by atoms with E-state index >= 15 is 0 Å². The Morgan fingerprint density at radius 2 is 2.10 bits per heavy atom. The highest BCUT2D eigenvalue weighted by Crippen LogP contribution is 2.35. The van der Waals surface area contributed by atoms with Gasteiger partial charge in [-0.3, -0.25) is 15.1 Å². The summed E-state index contributed by atoms with van der Waals surface area (Å²) in [4.78, 5) is 15.2. The number of hydrogen-bond donors (Lipinski definition) is 1. The van der Waals surface area contributed by atoms with Gasteiger partial charge in [0.25, 0.3) is 5.69 Å². The normalized spacial score (nSPS) is 11.7. The number of nitro benzene ring substituents is 1. The zero-order valence-electron chi connectivity index (χ0n) is 10.2. The summed E-state index contributed by atoms with van der Waals surface area (Å²) < 4.78 is 21.7. The van der Waals surface area contributed by atoms with Crippen molar-refractivity contribution >= 4 is 38.4 Å².